The maximum atomic E-state index is 13.2. The molecule has 0 spiro atoms. The fraction of sp³-hybridized carbons (Fsp3) is 0.581. The van der Waals surface area contributed by atoms with Gasteiger partial charge in [0.25, 0.3) is 0 Å². The molecule has 4 bridgehead atoms. The van der Waals surface area contributed by atoms with E-state index in [1.165, 1.54) is 68.9 Å². The van der Waals surface area contributed by atoms with Crippen molar-refractivity contribution in [1.29, 1.82) is 0 Å². The number of esters is 1. The predicted molar refractivity (Wildman–Crippen MR) is 135 cm³/mol. The molecule has 0 radical (unpaired) electrons. The fourth-order valence-electron chi connectivity index (χ4n) is 7.48. The Morgan fingerprint density at radius 3 is 2.18 bits per heavy atom. The van der Waals surface area contributed by atoms with E-state index in [-0.39, 0.29) is 11.6 Å². The Bertz CT molecular complexity index is 959. The summed E-state index contributed by atoms with van der Waals surface area (Å²) in [6.07, 6.45) is 14.9. The molecule has 0 amide bonds. The molecule has 176 valence electrons. The monoisotopic (exact) mass is 444 g/mol. The van der Waals surface area contributed by atoms with Gasteiger partial charge in [-0.2, -0.15) is 0 Å². The van der Waals surface area contributed by atoms with Crippen LogP contribution in [0.2, 0.25) is 0 Å². The fourth-order valence-corrected chi connectivity index (χ4v) is 7.48. The number of carbonyl (C=O) groups is 1. The molecule has 2 heteroatoms. The zero-order chi connectivity index (χ0) is 22.9. The minimum Gasteiger partial charge on any atom is -0.455 e. The quantitative estimate of drug-likeness (QED) is 0.287. The standard InChI is InChI=1S/C31H40O2/c1-3-5-6-7-23-8-10-24(11-9-23)25-12-14-26(15-13-25)29(32)33-31-20-19-30(18-4-2)21-28(31)17-16-27(30)22-31/h8-15,27-28H,3-7,16-22H2,1-2H3/t27-,28+,30-,31+/m0/s1. The second-order valence-corrected chi connectivity index (χ2v) is 11.2. The van der Waals surface area contributed by atoms with Crippen molar-refractivity contribution in [2.75, 3.05) is 0 Å². The van der Waals surface area contributed by atoms with Crippen LogP contribution in [0.1, 0.15) is 100 Å². The molecule has 0 N–H and O–H groups in total. The van der Waals surface area contributed by atoms with E-state index in [0.29, 0.717) is 16.9 Å². The number of unbranched alkanes of at least 4 members (excludes halogenated alkanes) is 2. The summed E-state index contributed by atoms with van der Waals surface area (Å²) in [5.74, 6) is 1.21. The van der Waals surface area contributed by atoms with E-state index in [4.69, 9.17) is 4.74 Å². The lowest BCUT2D eigenvalue weighted by Gasteiger charge is -2.65. The Labute approximate surface area is 200 Å². The number of carbonyl (C=O) groups excluding carboxylic acids is 1. The molecular formula is C31H40O2. The van der Waals surface area contributed by atoms with Gasteiger partial charge in [-0.3, -0.25) is 0 Å². The minimum atomic E-state index is -0.193. The van der Waals surface area contributed by atoms with Gasteiger partial charge in [0.1, 0.15) is 5.60 Å². The largest absolute Gasteiger partial charge is 0.455 e. The molecule has 2 nitrogen and oxygen atoms in total. The van der Waals surface area contributed by atoms with Gasteiger partial charge in [0.05, 0.1) is 5.56 Å². The van der Waals surface area contributed by atoms with Crippen molar-refractivity contribution in [2.24, 2.45) is 17.3 Å². The summed E-state index contributed by atoms with van der Waals surface area (Å²) in [4.78, 5) is 13.2. The zero-order valence-corrected chi connectivity index (χ0v) is 20.6. The summed E-state index contributed by atoms with van der Waals surface area (Å²) in [6, 6.07) is 16.9. The van der Waals surface area contributed by atoms with Crippen LogP contribution in [-0.4, -0.2) is 11.6 Å². The highest BCUT2D eigenvalue weighted by Crippen LogP contribution is 2.67. The molecule has 2 aromatic carbocycles. The van der Waals surface area contributed by atoms with E-state index >= 15 is 0 Å². The molecule has 33 heavy (non-hydrogen) atoms. The second kappa shape index (κ2) is 9.28. The number of fused-ring (bicyclic) bond motifs is 2. The van der Waals surface area contributed by atoms with Crippen LogP contribution in [0.5, 0.6) is 0 Å². The van der Waals surface area contributed by atoms with Gasteiger partial charge in [0.15, 0.2) is 0 Å². The van der Waals surface area contributed by atoms with E-state index in [0.717, 1.165) is 30.7 Å². The molecule has 5 aliphatic carbocycles. The van der Waals surface area contributed by atoms with Crippen LogP contribution in [0.25, 0.3) is 11.1 Å². The van der Waals surface area contributed by atoms with E-state index < -0.39 is 0 Å². The van der Waals surface area contributed by atoms with Crippen LogP contribution >= 0.6 is 0 Å². The lowest BCUT2D eigenvalue weighted by atomic mass is 9.43. The van der Waals surface area contributed by atoms with Crippen molar-refractivity contribution in [2.45, 2.75) is 96.5 Å². The molecule has 0 heterocycles. The first-order chi connectivity index (χ1) is 16.1. The predicted octanol–water partition coefficient (Wildman–Crippen LogP) is 8.38. The Hall–Kier alpha value is -2.09. The van der Waals surface area contributed by atoms with Crippen LogP contribution in [0, 0.1) is 17.3 Å². The smallest absolute Gasteiger partial charge is 0.338 e. The number of rotatable bonds is 9. The molecule has 7 rings (SSSR count). The topological polar surface area (TPSA) is 26.3 Å². The lowest BCUT2D eigenvalue weighted by molar-refractivity contribution is -0.204. The number of hydrogen-bond donors (Lipinski definition) is 0. The van der Waals surface area contributed by atoms with E-state index in [1.54, 1.807) is 0 Å². The van der Waals surface area contributed by atoms with Crippen molar-refractivity contribution >= 4 is 5.97 Å². The van der Waals surface area contributed by atoms with Crippen molar-refractivity contribution in [3.8, 4) is 11.1 Å². The molecule has 0 aliphatic heterocycles. The van der Waals surface area contributed by atoms with Gasteiger partial charge in [-0.1, -0.05) is 69.5 Å². The highest BCUT2D eigenvalue weighted by Gasteiger charge is 2.63. The summed E-state index contributed by atoms with van der Waals surface area (Å²) >= 11 is 0. The SMILES string of the molecule is CCCCCc1ccc(-c2ccc(C(=O)O[C@@]34CC[C@@]5(CCC)C[C@H]3CC[C@H]5C4)cc2)cc1. The Balaban J connectivity index is 1.24. The summed E-state index contributed by atoms with van der Waals surface area (Å²) in [7, 11) is 0. The van der Waals surface area contributed by atoms with Gasteiger partial charge in [0, 0.05) is 0 Å². The molecule has 0 saturated heterocycles. The minimum absolute atomic E-state index is 0.122. The third kappa shape index (κ3) is 4.27. The average molecular weight is 445 g/mol. The van der Waals surface area contributed by atoms with Gasteiger partial charge in [-0.05, 0) is 104 Å². The normalized spacial score (nSPS) is 29.9. The van der Waals surface area contributed by atoms with Crippen LogP contribution in [-0.2, 0) is 11.2 Å². The van der Waals surface area contributed by atoms with E-state index in [1.807, 2.05) is 12.1 Å². The Morgan fingerprint density at radius 1 is 0.848 bits per heavy atom. The van der Waals surface area contributed by atoms with Gasteiger partial charge >= 0.3 is 5.97 Å². The first-order valence-electron chi connectivity index (χ1n) is 13.5. The van der Waals surface area contributed by atoms with Crippen molar-refractivity contribution < 1.29 is 9.53 Å². The second-order valence-electron chi connectivity index (χ2n) is 11.2. The van der Waals surface area contributed by atoms with Crippen LogP contribution in [0.15, 0.2) is 48.5 Å². The van der Waals surface area contributed by atoms with Gasteiger partial charge < -0.3 is 4.74 Å². The van der Waals surface area contributed by atoms with E-state index in [2.05, 4.69) is 50.2 Å². The van der Waals surface area contributed by atoms with E-state index in [9.17, 15) is 4.79 Å². The van der Waals surface area contributed by atoms with Crippen molar-refractivity contribution in [3.05, 3.63) is 59.7 Å². The molecule has 4 atom stereocenters. The first-order valence-corrected chi connectivity index (χ1v) is 13.5. The maximum absolute atomic E-state index is 13.2. The van der Waals surface area contributed by atoms with Crippen molar-refractivity contribution in [3.63, 3.8) is 0 Å². The van der Waals surface area contributed by atoms with Crippen LogP contribution in [0.4, 0.5) is 0 Å². The number of ether oxygens (including phenoxy) is 1. The Morgan fingerprint density at radius 2 is 1.55 bits per heavy atom. The highest BCUT2D eigenvalue weighted by atomic mass is 16.6. The lowest BCUT2D eigenvalue weighted by Crippen LogP contribution is -2.62. The van der Waals surface area contributed by atoms with Gasteiger partial charge in [-0.25, -0.2) is 4.79 Å². The number of benzene rings is 2. The summed E-state index contributed by atoms with van der Waals surface area (Å²) in [5.41, 5.74) is 4.82. The average Bonchev–Trinajstić information content (AvgIpc) is 2.85. The molecule has 0 aromatic heterocycles. The molecule has 5 saturated carbocycles. The summed E-state index contributed by atoms with van der Waals surface area (Å²) in [5, 5.41) is 0. The van der Waals surface area contributed by atoms with Gasteiger partial charge in [0.2, 0.25) is 0 Å². The molecule has 2 aromatic rings. The Kier molecular flexibility index (Phi) is 6.38. The zero-order valence-electron chi connectivity index (χ0n) is 20.6. The third-order valence-corrected chi connectivity index (χ3v) is 9.29. The number of aryl methyl sites for hydroxylation is 1. The van der Waals surface area contributed by atoms with Crippen molar-refractivity contribution in [1.82, 2.24) is 0 Å². The maximum Gasteiger partial charge on any atom is 0.338 e. The number of hydrogen-bond acceptors (Lipinski definition) is 2. The molecule has 0 unspecified atom stereocenters. The molecule has 5 fully saturated rings. The third-order valence-electron chi connectivity index (χ3n) is 9.29. The highest BCUT2D eigenvalue weighted by molar-refractivity contribution is 5.90. The first kappa shape index (κ1) is 22.7. The summed E-state index contributed by atoms with van der Waals surface area (Å²) in [6.45, 7) is 4.57. The van der Waals surface area contributed by atoms with Crippen LogP contribution in [0.3, 0.4) is 0 Å². The molecule has 5 aliphatic rings. The summed E-state index contributed by atoms with van der Waals surface area (Å²) < 4.78 is 6.38. The van der Waals surface area contributed by atoms with Gasteiger partial charge in [-0.15, -0.1) is 0 Å². The molecular weight excluding hydrogens is 404 g/mol. The van der Waals surface area contributed by atoms with Crippen LogP contribution < -0.4 is 0 Å².